The van der Waals surface area contributed by atoms with Crippen LogP contribution in [0.3, 0.4) is 0 Å². The Labute approximate surface area is 187 Å². The van der Waals surface area contributed by atoms with E-state index in [-0.39, 0.29) is 0 Å². The summed E-state index contributed by atoms with van der Waals surface area (Å²) in [6.45, 7) is 24.3. The monoisotopic (exact) mass is 434 g/mol. The SMILES string of the molecule is CC(C)CC1=Cc2c(ccc(C(C)C)c2-c2cc([Si](C)(C)C)cc([Si](C)(C)C)c2)C1. The minimum absolute atomic E-state index is 0.527. The predicted molar refractivity (Wildman–Crippen MR) is 143 cm³/mol. The summed E-state index contributed by atoms with van der Waals surface area (Å²) in [6, 6.07) is 12.5. The molecule has 0 aliphatic heterocycles. The lowest BCUT2D eigenvalue weighted by Gasteiger charge is -2.26. The number of benzene rings is 2. The summed E-state index contributed by atoms with van der Waals surface area (Å²) < 4.78 is 0. The lowest BCUT2D eigenvalue weighted by atomic mass is 9.87. The van der Waals surface area contributed by atoms with Crippen LogP contribution in [0, 0.1) is 5.92 Å². The van der Waals surface area contributed by atoms with Crippen LogP contribution in [0.5, 0.6) is 0 Å². The zero-order valence-electron chi connectivity index (χ0n) is 21.0. The Morgan fingerprint density at radius 3 is 1.83 bits per heavy atom. The van der Waals surface area contributed by atoms with Gasteiger partial charge in [-0.3, -0.25) is 0 Å². The molecule has 0 fully saturated rings. The number of rotatable bonds is 6. The fraction of sp³-hybridized carbons (Fsp3) is 0.500. The Morgan fingerprint density at radius 2 is 1.37 bits per heavy atom. The molecule has 0 heterocycles. The number of hydrogen-bond acceptors (Lipinski definition) is 0. The predicted octanol–water partition coefficient (Wildman–Crippen LogP) is 7.55. The molecular weight excluding hydrogens is 392 g/mol. The maximum atomic E-state index is 2.56. The van der Waals surface area contributed by atoms with Crippen molar-refractivity contribution in [1.29, 1.82) is 0 Å². The summed E-state index contributed by atoms with van der Waals surface area (Å²) in [5.41, 5.74) is 9.12. The van der Waals surface area contributed by atoms with Crippen LogP contribution in [0.15, 0.2) is 35.9 Å². The van der Waals surface area contributed by atoms with Crippen LogP contribution >= 0.6 is 0 Å². The van der Waals surface area contributed by atoms with Gasteiger partial charge in [0.25, 0.3) is 0 Å². The highest BCUT2D eigenvalue weighted by Crippen LogP contribution is 2.40. The minimum Gasteiger partial charge on any atom is -0.0656 e. The Kier molecular flexibility index (Phi) is 6.42. The van der Waals surface area contributed by atoms with E-state index in [9.17, 15) is 0 Å². The van der Waals surface area contributed by atoms with E-state index in [0.717, 1.165) is 6.42 Å². The van der Waals surface area contributed by atoms with Crippen molar-refractivity contribution in [2.24, 2.45) is 5.92 Å². The van der Waals surface area contributed by atoms with Crippen molar-refractivity contribution in [1.82, 2.24) is 0 Å². The first kappa shape index (κ1) is 23.3. The Hall–Kier alpha value is -1.39. The third kappa shape index (κ3) is 4.91. The van der Waals surface area contributed by atoms with Crippen LogP contribution < -0.4 is 10.4 Å². The van der Waals surface area contributed by atoms with Crippen molar-refractivity contribution in [2.75, 3.05) is 0 Å². The highest BCUT2D eigenvalue weighted by atomic mass is 28.3. The highest BCUT2D eigenvalue weighted by molar-refractivity contribution is 6.91. The van der Waals surface area contributed by atoms with Crippen molar-refractivity contribution in [2.45, 2.75) is 85.7 Å². The Balaban J connectivity index is 2.30. The van der Waals surface area contributed by atoms with Gasteiger partial charge in [0.1, 0.15) is 0 Å². The molecule has 162 valence electrons. The fourth-order valence-electron chi connectivity index (χ4n) is 4.60. The van der Waals surface area contributed by atoms with Crippen molar-refractivity contribution in [3.05, 3.63) is 52.6 Å². The van der Waals surface area contributed by atoms with Gasteiger partial charge in [-0.05, 0) is 52.5 Å². The standard InChI is InChI=1S/C28H42Si2/c1-19(2)13-21-14-22-11-12-26(20(3)4)28(27(22)15-21)23-16-24(29(5,6)7)18-25(17-23)30(8,9)10/h11-12,15-20H,13-14H2,1-10H3. The van der Waals surface area contributed by atoms with Crippen LogP contribution in [-0.2, 0) is 6.42 Å². The first-order chi connectivity index (χ1) is 13.8. The molecule has 0 nitrogen and oxygen atoms in total. The zero-order valence-corrected chi connectivity index (χ0v) is 23.0. The van der Waals surface area contributed by atoms with E-state index in [1.807, 2.05) is 0 Å². The molecule has 3 rings (SSSR count). The van der Waals surface area contributed by atoms with Crippen LogP contribution in [0.2, 0.25) is 39.3 Å². The van der Waals surface area contributed by atoms with Crippen LogP contribution in [-0.4, -0.2) is 16.1 Å². The molecular formula is C28H42Si2. The Bertz CT molecular complexity index is 931. The van der Waals surface area contributed by atoms with E-state index in [0.29, 0.717) is 11.8 Å². The molecule has 2 aromatic rings. The van der Waals surface area contributed by atoms with Gasteiger partial charge in [0.05, 0.1) is 16.1 Å². The van der Waals surface area contributed by atoms with Crippen molar-refractivity contribution in [3.8, 4) is 11.1 Å². The lowest BCUT2D eigenvalue weighted by molar-refractivity contribution is 0.638. The molecule has 0 atom stereocenters. The minimum atomic E-state index is -1.41. The molecule has 1 aliphatic rings. The molecule has 0 aromatic heterocycles. The van der Waals surface area contributed by atoms with Gasteiger partial charge in [-0.1, -0.05) is 119 Å². The van der Waals surface area contributed by atoms with E-state index in [1.54, 1.807) is 15.9 Å². The van der Waals surface area contributed by atoms with Gasteiger partial charge in [0.15, 0.2) is 0 Å². The first-order valence-corrected chi connectivity index (χ1v) is 18.8. The summed E-state index contributed by atoms with van der Waals surface area (Å²) in [5.74, 6) is 1.24. The van der Waals surface area contributed by atoms with Crippen molar-refractivity contribution in [3.63, 3.8) is 0 Å². The highest BCUT2D eigenvalue weighted by Gasteiger charge is 2.26. The number of fused-ring (bicyclic) bond motifs is 1. The lowest BCUT2D eigenvalue weighted by Crippen LogP contribution is -2.45. The summed E-state index contributed by atoms with van der Waals surface area (Å²) in [5, 5.41) is 3.21. The summed E-state index contributed by atoms with van der Waals surface area (Å²) in [6.07, 6.45) is 4.87. The summed E-state index contributed by atoms with van der Waals surface area (Å²) in [4.78, 5) is 0. The molecule has 0 unspecified atom stereocenters. The van der Waals surface area contributed by atoms with Gasteiger partial charge in [-0.2, -0.15) is 0 Å². The average molecular weight is 435 g/mol. The molecule has 0 N–H and O–H groups in total. The summed E-state index contributed by atoms with van der Waals surface area (Å²) in [7, 11) is -2.81. The number of allylic oxidation sites excluding steroid dienone is 1. The molecule has 0 radical (unpaired) electrons. The third-order valence-corrected chi connectivity index (χ3v) is 10.4. The third-order valence-electron chi connectivity index (χ3n) is 6.38. The van der Waals surface area contributed by atoms with E-state index in [4.69, 9.17) is 0 Å². The molecule has 0 spiro atoms. The molecule has 0 saturated carbocycles. The molecule has 2 aromatic carbocycles. The summed E-state index contributed by atoms with van der Waals surface area (Å²) >= 11 is 0. The van der Waals surface area contributed by atoms with Gasteiger partial charge in [0, 0.05) is 0 Å². The second kappa shape index (κ2) is 8.28. The molecule has 0 amide bonds. The van der Waals surface area contributed by atoms with E-state index >= 15 is 0 Å². The maximum Gasteiger partial charge on any atom is 0.0776 e. The van der Waals surface area contributed by atoms with Crippen molar-refractivity contribution >= 4 is 32.6 Å². The number of hydrogen-bond donors (Lipinski definition) is 0. The average Bonchev–Trinajstić information content (AvgIpc) is 3.00. The van der Waals surface area contributed by atoms with E-state index in [2.05, 4.69) is 103 Å². The maximum absolute atomic E-state index is 2.56. The molecule has 30 heavy (non-hydrogen) atoms. The molecule has 0 saturated heterocycles. The van der Waals surface area contributed by atoms with E-state index in [1.165, 1.54) is 34.2 Å². The van der Waals surface area contributed by atoms with Crippen LogP contribution in [0.4, 0.5) is 0 Å². The molecule has 0 bridgehead atoms. The van der Waals surface area contributed by atoms with Gasteiger partial charge in [-0.15, -0.1) is 0 Å². The van der Waals surface area contributed by atoms with Gasteiger partial charge < -0.3 is 0 Å². The largest absolute Gasteiger partial charge is 0.0776 e. The topological polar surface area (TPSA) is 0 Å². The fourth-order valence-corrected chi connectivity index (χ4v) is 7.09. The van der Waals surface area contributed by atoms with Crippen LogP contribution in [0.1, 0.15) is 56.7 Å². The normalized spacial score (nSPS) is 14.5. The smallest absolute Gasteiger partial charge is 0.0656 e. The zero-order chi connectivity index (χ0) is 22.4. The van der Waals surface area contributed by atoms with Gasteiger partial charge in [-0.25, -0.2) is 0 Å². The van der Waals surface area contributed by atoms with E-state index < -0.39 is 16.1 Å². The molecule has 2 heteroatoms. The molecule has 1 aliphatic carbocycles. The first-order valence-electron chi connectivity index (χ1n) is 11.8. The second-order valence-electron chi connectivity index (χ2n) is 12.1. The quantitative estimate of drug-likeness (QED) is 0.412. The van der Waals surface area contributed by atoms with Gasteiger partial charge >= 0.3 is 0 Å². The van der Waals surface area contributed by atoms with Gasteiger partial charge in [0.2, 0.25) is 0 Å². The van der Waals surface area contributed by atoms with Crippen molar-refractivity contribution < 1.29 is 0 Å². The second-order valence-corrected chi connectivity index (χ2v) is 22.3. The Morgan fingerprint density at radius 1 is 0.800 bits per heavy atom. The van der Waals surface area contributed by atoms with Crippen LogP contribution in [0.25, 0.3) is 17.2 Å².